The Morgan fingerprint density at radius 3 is 2.03 bits per heavy atom. The number of ether oxygens (including phenoxy) is 1. The minimum absolute atomic E-state index is 0.133. The van der Waals surface area contributed by atoms with Gasteiger partial charge in [0.2, 0.25) is 0 Å². The molecule has 0 radical (unpaired) electrons. The van der Waals surface area contributed by atoms with E-state index in [0.29, 0.717) is 5.76 Å². The van der Waals surface area contributed by atoms with Gasteiger partial charge in [-0.3, -0.25) is 9.59 Å². The third kappa shape index (κ3) is 5.13. The Kier molecular flexibility index (Phi) is 7.31. The van der Waals surface area contributed by atoms with Crippen LogP contribution in [0.1, 0.15) is 61.3 Å². The number of methoxy groups -OCH3 is 1. The van der Waals surface area contributed by atoms with Gasteiger partial charge in [-0.25, -0.2) is 0 Å². The van der Waals surface area contributed by atoms with Gasteiger partial charge in [0.15, 0.2) is 11.6 Å². The van der Waals surface area contributed by atoms with E-state index in [9.17, 15) is 9.59 Å². The lowest BCUT2D eigenvalue weighted by molar-refractivity contribution is -0.125. The van der Waals surface area contributed by atoms with Gasteiger partial charge < -0.3 is 9.15 Å². The Hall–Kier alpha value is -3.66. The molecule has 2 fully saturated rings. The number of hydrogen-bond donors (Lipinski definition) is 0. The standard InChI is InChI=1S/C32H32O4/c1-35-26-17-15-22(16-18-26)20-24-10-5-13-28(31(24)33)30(23-8-3-2-4-9-23)29-14-6-11-25(32(29)34)21-27-12-7-19-36-27/h2-4,7-9,12,15-21,28-30H,5-6,10-11,13-14H2,1H3/b24-20+,25-21+. The quantitative estimate of drug-likeness (QED) is 0.348. The fourth-order valence-corrected chi connectivity index (χ4v) is 5.85. The summed E-state index contributed by atoms with van der Waals surface area (Å²) in [6, 6.07) is 21.7. The molecule has 2 aliphatic carbocycles. The zero-order chi connectivity index (χ0) is 24.9. The summed E-state index contributed by atoms with van der Waals surface area (Å²) in [4.78, 5) is 27.7. The van der Waals surface area contributed by atoms with Crippen molar-refractivity contribution in [1.82, 2.24) is 0 Å². The number of carbonyl (C=O) groups excluding carboxylic acids is 2. The predicted molar refractivity (Wildman–Crippen MR) is 142 cm³/mol. The van der Waals surface area contributed by atoms with E-state index in [1.165, 1.54) is 0 Å². The smallest absolute Gasteiger partial charge is 0.162 e. The first-order valence-electron chi connectivity index (χ1n) is 12.9. The largest absolute Gasteiger partial charge is 0.497 e. The monoisotopic (exact) mass is 480 g/mol. The van der Waals surface area contributed by atoms with E-state index < -0.39 is 0 Å². The molecule has 0 amide bonds. The van der Waals surface area contributed by atoms with Gasteiger partial charge in [0, 0.05) is 17.8 Å². The van der Waals surface area contributed by atoms with Crippen molar-refractivity contribution in [3.05, 3.63) is 101 Å². The van der Waals surface area contributed by atoms with Crippen LogP contribution in [0.15, 0.2) is 88.6 Å². The van der Waals surface area contributed by atoms with Crippen LogP contribution in [-0.2, 0) is 9.59 Å². The van der Waals surface area contributed by atoms with E-state index >= 15 is 0 Å². The zero-order valence-corrected chi connectivity index (χ0v) is 20.7. The lowest BCUT2D eigenvalue weighted by Gasteiger charge is -2.37. The SMILES string of the molecule is COc1ccc(/C=C2\CCCC(C(c3ccccc3)C3CCC/C(=C\c4ccco4)C3=O)C2=O)cc1. The fourth-order valence-electron chi connectivity index (χ4n) is 5.85. The minimum atomic E-state index is -0.211. The molecule has 2 saturated carbocycles. The van der Waals surface area contributed by atoms with Gasteiger partial charge in [0.05, 0.1) is 13.4 Å². The molecule has 0 N–H and O–H groups in total. The van der Waals surface area contributed by atoms with Crippen LogP contribution in [0.3, 0.4) is 0 Å². The summed E-state index contributed by atoms with van der Waals surface area (Å²) >= 11 is 0. The van der Waals surface area contributed by atoms with Crippen LogP contribution in [-0.4, -0.2) is 18.7 Å². The summed E-state index contributed by atoms with van der Waals surface area (Å²) < 4.78 is 10.8. The molecule has 1 heterocycles. The van der Waals surface area contributed by atoms with Crippen molar-refractivity contribution in [2.24, 2.45) is 11.8 Å². The molecule has 1 aromatic heterocycles. The first kappa shape index (κ1) is 24.1. The normalized spacial score (nSPS) is 23.7. The molecule has 4 nitrogen and oxygen atoms in total. The molecule has 184 valence electrons. The highest BCUT2D eigenvalue weighted by atomic mass is 16.5. The molecule has 0 saturated heterocycles. The third-order valence-corrected chi connectivity index (χ3v) is 7.60. The molecule has 5 rings (SSSR count). The number of ketones is 2. The van der Waals surface area contributed by atoms with Gasteiger partial charge in [-0.05, 0) is 97.2 Å². The molecule has 2 aliphatic rings. The number of rotatable bonds is 6. The maximum atomic E-state index is 13.9. The van der Waals surface area contributed by atoms with Gasteiger partial charge in [-0.15, -0.1) is 0 Å². The second-order valence-electron chi connectivity index (χ2n) is 9.79. The van der Waals surface area contributed by atoms with Gasteiger partial charge >= 0.3 is 0 Å². The summed E-state index contributed by atoms with van der Waals surface area (Å²) in [6.07, 6.45) is 10.5. The average molecular weight is 481 g/mol. The first-order valence-corrected chi connectivity index (χ1v) is 12.9. The van der Waals surface area contributed by atoms with Crippen molar-refractivity contribution in [2.75, 3.05) is 7.11 Å². The molecule has 0 spiro atoms. The molecule has 3 unspecified atom stereocenters. The van der Waals surface area contributed by atoms with Gasteiger partial charge in [-0.1, -0.05) is 42.5 Å². The topological polar surface area (TPSA) is 56.5 Å². The number of furan rings is 1. The van der Waals surface area contributed by atoms with E-state index in [0.717, 1.165) is 66.5 Å². The Labute approximate surface area is 212 Å². The van der Waals surface area contributed by atoms with E-state index in [2.05, 4.69) is 12.1 Å². The van der Waals surface area contributed by atoms with E-state index in [1.54, 1.807) is 13.4 Å². The Bertz CT molecular complexity index is 1250. The molecule has 0 aliphatic heterocycles. The summed E-state index contributed by atoms with van der Waals surface area (Å²) in [6.45, 7) is 0. The van der Waals surface area contributed by atoms with Crippen molar-refractivity contribution in [3.63, 3.8) is 0 Å². The molecule has 36 heavy (non-hydrogen) atoms. The third-order valence-electron chi connectivity index (χ3n) is 7.60. The molecule has 3 aromatic rings. The molecule has 3 atom stereocenters. The van der Waals surface area contributed by atoms with E-state index in [4.69, 9.17) is 9.15 Å². The zero-order valence-electron chi connectivity index (χ0n) is 20.7. The van der Waals surface area contributed by atoms with E-state index in [1.807, 2.05) is 66.7 Å². The number of Topliss-reactive ketones (excluding diaryl/α,β-unsaturated/α-hetero) is 2. The lowest BCUT2D eigenvalue weighted by atomic mass is 9.64. The highest BCUT2D eigenvalue weighted by Crippen LogP contribution is 2.45. The molecule has 4 heteroatoms. The second-order valence-corrected chi connectivity index (χ2v) is 9.79. The summed E-state index contributed by atoms with van der Waals surface area (Å²) in [5, 5.41) is 0. The molecular formula is C32H32O4. The molecular weight excluding hydrogens is 448 g/mol. The molecule has 2 aromatic carbocycles. The highest BCUT2D eigenvalue weighted by molar-refractivity contribution is 6.05. The number of benzene rings is 2. The molecule has 0 bridgehead atoms. The van der Waals surface area contributed by atoms with Crippen LogP contribution < -0.4 is 4.74 Å². The summed E-state index contributed by atoms with van der Waals surface area (Å²) in [7, 11) is 1.65. The van der Waals surface area contributed by atoms with Crippen molar-refractivity contribution < 1.29 is 18.7 Å². The van der Waals surface area contributed by atoms with Crippen LogP contribution in [0.4, 0.5) is 0 Å². The van der Waals surface area contributed by atoms with Crippen LogP contribution in [0.2, 0.25) is 0 Å². The van der Waals surface area contributed by atoms with Crippen molar-refractivity contribution in [3.8, 4) is 5.75 Å². The average Bonchev–Trinajstić information content (AvgIpc) is 3.43. The van der Waals surface area contributed by atoms with E-state index in [-0.39, 0.29) is 29.3 Å². The van der Waals surface area contributed by atoms with Crippen LogP contribution in [0.5, 0.6) is 5.75 Å². The maximum absolute atomic E-state index is 13.9. The predicted octanol–water partition coefficient (Wildman–Crippen LogP) is 7.28. The van der Waals surface area contributed by atoms with Gasteiger partial charge in [0.25, 0.3) is 0 Å². The maximum Gasteiger partial charge on any atom is 0.162 e. The van der Waals surface area contributed by atoms with Gasteiger partial charge in [-0.2, -0.15) is 0 Å². The van der Waals surface area contributed by atoms with Crippen LogP contribution >= 0.6 is 0 Å². The van der Waals surface area contributed by atoms with Gasteiger partial charge in [0.1, 0.15) is 11.5 Å². The fraction of sp³-hybridized carbons (Fsp3) is 0.312. The number of carbonyl (C=O) groups is 2. The number of hydrogen-bond acceptors (Lipinski definition) is 4. The van der Waals surface area contributed by atoms with Crippen molar-refractivity contribution in [1.29, 1.82) is 0 Å². The van der Waals surface area contributed by atoms with Crippen LogP contribution in [0.25, 0.3) is 12.2 Å². The Morgan fingerprint density at radius 1 is 0.806 bits per heavy atom. The summed E-state index contributed by atoms with van der Waals surface area (Å²) in [5.74, 6) is 1.29. The Balaban J connectivity index is 1.48. The Morgan fingerprint density at radius 2 is 1.44 bits per heavy atom. The minimum Gasteiger partial charge on any atom is -0.497 e. The first-order chi connectivity index (χ1) is 17.6. The number of allylic oxidation sites excluding steroid dienone is 2. The second kappa shape index (κ2) is 10.9. The van der Waals surface area contributed by atoms with Crippen LogP contribution in [0, 0.1) is 11.8 Å². The van der Waals surface area contributed by atoms with Crippen molar-refractivity contribution >= 4 is 23.7 Å². The van der Waals surface area contributed by atoms with Crippen molar-refractivity contribution in [2.45, 2.75) is 44.4 Å². The highest BCUT2D eigenvalue weighted by Gasteiger charge is 2.42. The summed E-state index contributed by atoms with van der Waals surface area (Å²) in [5.41, 5.74) is 3.74. The lowest BCUT2D eigenvalue weighted by Crippen LogP contribution is -2.36.